The van der Waals surface area contributed by atoms with Crippen LogP contribution in [0.1, 0.15) is 22.8 Å². The number of carbonyl (C=O) groups excluding carboxylic acids is 2. The van der Waals surface area contributed by atoms with Crippen LogP contribution in [-0.2, 0) is 16.0 Å². The molecule has 25 heavy (non-hydrogen) atoms. The minimum absolute atomic E-state index is 0.0872. The van der Waals surface area contributed by atoms with E-state index in [9.17, 15) is 19.5 Å². The summed E-state index contributed by atoms with van der Waals surface area (Å²) in [5, 5.41) is 14.9. The Morgan fingerprint density at radius 1 is 1.12 bits per heavy atom. The third kappa shape index (κ3) is 5.32. The molecule has 6 nitrogen and oxygen atoms in total. The first-order valence-electron chi connectivity index (χ1n) is 7.51. The molecule has 0 aliphatic heterocycles. The lowest BCUT2D eigenvalue weighted by molar-refractivity contribution is -0.139. The molecule has 0 unspecified atom stereocenters. The van der Waals surface area contributed by atoms with E-state index in [4.69, 9.17) is 11.6 Å². The third-order valence-electron chi connectivity index (χ3n) is 3.41. The highest BCUT2D eigenvalue weighted by Gasteiger charge is 2.22. The largest absolute Gasteiger partial charge is 0.480 e. The van der Waals surface area contributed by atoms with Gasteiger partial charge < -0.3 is 15.7 Å². The van der Waals surface area contributed by atoms with Crippen molar-refractivity contribution in [2.75, 3.05) is 5.32 Å². The Morgan fingerprint density at radius 2 is 1.84 bits per heavy atom. The van der Waals surface area contributed by atoms with Crippen LogP contribution in [-0.4, -0.2) is 28.9 Å². The molecular weight excluding hydrogens is 344 g/mol. The Hall–Kier alpha value is -2.86. The SMILES string of the molecule is CC(=O)Nc1ccccc1C(=O)N[C@@H](Cc1cccc(Cl)c1)C(=O)O. The zero-order valence-corrected chi connectivity index (χ0v) is 14.2. The number of hydrogen-bond donors (Lipinski definition) is 3. The molecule has 0 aliphatic carbocycles. The summed E-state index contributed by atoms with van der Waals surface area (Å²) in [4.78, 5) is 35.2. The van der Waals surface area contributed by atoms with Crippen LogP contribution < -0.4 is 10.6 Å². The number of carboxylic acids is 1. The van der Waals surface area contributed by atoms with Crippen molar-refractivity contribution >= 4 is 35.1 Å². The second-order valence-corrected chi connectivity index (χ2v) is 5.86. The number of rotatable bonds is 6. The first-order valence-corrected chi connectivity index (χ1v) is 7.89. The highest BCUT2D eigenvalue weighted by atomic mass is 35.5. The summed E-state index contributed by atoms with van der Waals surface area (Å²) in [7, 11) is 0. The first kappa shape index (κ1) is 18.5. The molecule has 2 aromatic rings. The summed E-state index contributed by atoms with van der Waals surface area (Å²) in [6.07, 6.45) is 0.0872. The molecule has 1 atom stereocenters. The van der Waals surface area contributed by atoms with Gasteiger partial charge in [-0.2, -0.15) is 0 Å². The predicted octanol–water partition coefficient (Wildman–Crippen LogP) is 2.72. The van der Waals surface area contributed by atoms with Gasteiger partial charge in [0.05, 0.1) is 11.3 Å². The van der Waals surface area contributed by atoms with Gasteiger partial charge in [-0.1, -0.05) is 35.9 Å². The Labute approximate surface area is 149 Å². The molecular formula is C18H17ClN2O4. The minimum Gasteiger partial charge on any atom is -0.480 e. The van der Waals surface area contributed by atoms with E-state index in [1.807, 2.05) is 0 Å². The first-order chi connectivity index (χ1) is 11.9. The van der Waals surface area contributed by atoms with Crippen molar-refractivity contribution in [1.29, 1.82) is 0 Å². The zero-order valence-electron chi connectivity index (χ0n) is 13.5. The number of amides is 2. The molecule has 2 amide bonds. The maximum atomic E-state index is 12.5. The van der Waals surface area contributed by atoms with Crippen LogP contribution in [0.2, 0.25) is 5.02 Å². The summed E-state index contributed by atoms with van der Waals surface area (Å²) in [6, 6.07) is 12.0. The standard InChI is InChI=1S/C18H17ClN2O4/c1-11(22)20-15-8-3-2-7-14(15)17(23)21-16(18(24)25)10-12-5-4-6-13(19)9-12/h2-9,16H,10H2,1H3,(H,20,22)(H,21,23)(H,24,25)/t16-/m0/s1. The number of carbonyl (C=O) groups is 3. The predicted molar refractivity (Wildman–Crippen MR) is 94.8 cm³/mol. The number of anilines is 1. The van der Waals surface area contributed by atoms with Gasteiger partial charge >= 0.3 is 5.97 Å². The van der Waals surface area contributed by atoms with Crippen LogP contribution in [0.3, 0.4) is 0 Å². The number of nitrogens with one attached hydrogen (secondary N) is 2. The molecule has 0 fully saturated rings. The van der Waals surface area contributed by atoms with Gasteiger partial charge in [-0.15, -0.1) is 0 Å². The van der Waals surface area contributed by atoms with E-state index in [0.717, 1.165) is 0 Å². The Kier molecular flexibility index (Phi) is 6.14. The molecule has 0 bridgehead atoms. The molecule has 3 N–H and O–H groups in total. The number of aliphatic carboxylic acids is 1. The second-order valence-electron chi connectivity index (χ2n) is 5.43. The van der Waals surface area contributed by atoms with E-state index in [1.165, 1.54) is 13.0 Å². The minimum atomic E-state index is -1.16. The number of benzene rings is 2. The molecule has 0 spiro atoms. The van der Waals surface area contributed by atoms with E-state index in [2.05, 4.69) is 10.6 Å². The lowest BCUT2D eigenvalue weighted by Crippen LogP contribution is -2.42. The van der Waals surface area contributed by atoms with E-state index in [-0.39, 0.29) is 17.9 Å². The molecule has 0 aliphatic rings. The molecule has 0 heterocycles. The smallest absolute Gasteiger partial charge is 0.326 e. The monoisotopic (exact) mass is 360 g/mol. The van der Waals surface area contributed by atoms with Crippen molar-refractivity contribution in [2.24, 2.45) is 0 Å². The summed E-state index contributed by atoms with van der Waals surface area (Å²) >= 11 is 5.90. The van der Waals surface area contributed by atoms with Crippen molar-refractivity contribution in [3.63, 3.8) is 0 Å². The summed E-state index contributed by atoms with van der Waals surface area (Å²) in [5.41, 5.74) is 1.20. The van der Waals surface area contributed by atoms with Crippen molar-refractivity contribution in [2.45, 2.75) is 19.4 Å². The molecule has 130 valence electrons. The van der Waals surface area contributed by atoms with Gasteiger partial charge in [-0.25, -0.2) is 4.79 Å². The van der Waals surface area contributed by atoms with E-state index < -0.39 is 17.9 Å². The van der Waals surface area contributed by atoms with E-state index in [0.29, 0.717) is 16.3 Å². The molecule has 0 aromatic heterocycles. The number of para-hydroxylation sites is 1. The quantitative estimate of drug-likeness (QED) is 0.738. The van der Waals surface area contributed by atoms with Crippen LogP contribution in [0.15, 0.2) is 48.5 Å². The topological polar surface area (TPSA) is 95.5 Å². The zero-order chi connectivity index (χ0) is 18.4. The third-order valence-corrected chi connectivity index (χ3v) is 3.65. The number of hydrogen-bond acceptors (Lipinski definition) is 3. The molecule has 7 heteroatoms. The lowest BCUT2D eigenvalue weighted by Gasteiger charge is -2.16. The molecule has 0 saturated carbocycles. The van der Waals surface area contributed by atoms with Crippen molar-refractivity contribution in [3.05, 3.63) is 64.7 Å². The van der Waals surface area contributed by atoms with Gasteiger partial charge in [0, 0.05) is 18.4 Å². The molecule has 2 rings (SSSR count). The van der Waals surface area contributed by atoms with Crippen LogP contribution >= 0.6 is 11.6 Å². The van der Waals surface area contributed by atoms with Gasteiger partial charge in [0.2, 0.25) is 5.91 Å². The van der Waals surface area contributed by atoms with E-state index >= 15 is 0 Å². The fraction of sp³-hybridized carbons (Fsp3) is 0.167. The summed E-state index contributed by atoms with van der Waals surface area (Å²) in [5.74, 6) is -2.07. The van der Waals surface area contributed by atoms with Gasteiger partial charge in [0.25, 0.3) is 5.91 Å². The van der Waals surface area contributed by atoms with Crippen molar-refractivity contribution < 1.29 is 19.5 Å². The normalized spacial score (nSPS) is 11.4. The number of halogens is 1. The lowest BCUT2D eigenvalue weighted by atomic mass is 10.0. The van der Waals surface area contributed by atoms with Crippen LogP contribution in [0.25, 0.3) is 0 Å². The van der Waals surface area contributed by atoms with Gasteiger partial charge in [0.1, 0.15) is 6.04 Å². The summed E-state index contributed by atoms with van der Waals surface area (Å²) < 4.78 is 0. The average Bonchev–Trinajstić information content (AvgIpc) is 2.54. The Morgan fingerprint density at radius 3 is 2.48 bits per heavy atom. The Balaban J connectivity index is 2.18. The maximum Gasteiger partial charge on any atom is 0.326 e. The fourth-order valence-corrected chi connectivity index (χ4v) is 2.53. The van der Waals surface area contributed by atoms with Gasteiger partial charge in [0.15, 0.2) is 0 Å². The summed E-state index contributed by atoms with van der Waals surface area (Å²) in [6.45, 7) is 1.33. The van der Waals surface area contributed by atoms with Crippen molar-refractivity contribution in [3.8, 4) is 0 Å². The Bertz CT molecular complexity index is 807. The molecule has 0 radical (unpaired) electrons. The maximum absolute atomic E-state index is 12.5. The number of carboxylic acid groups (broad SMARTS) is 1. The van der Waals surface area contributed by atoms with Crippen LogP contribution in [0.5, 0.6) is 0 Å². The highest BCUT2D eigenvalue weighted by Crippen LogP contribution is 2.16. The highest BCUT2D eigenvalue weighted by molar-refractivity contribution is 6.30. The molecule has 2 aromatic carbocycles. The molecule has 0 saturated heterocycles. The van der Waals surface area contributed by atoms with Crippen molar-refractivity contribution in [1.82, 2.24) is 5.32 Å². The fourth-order valence-electron chi connectivity index (χ4n) is 2.32. The average molecular weight is 361 g/mol. The van der Waals surface area contributed by atoms with Crippen LogP contribution in [0.4, 0.5) is 5.69 Å². The van der Waals surface area contributed by atoms with E-state index in [1.54, 1.807) is 42.5 Å². The second kappa shape index (κ2) is 8.30. The van der Waals surface area contributed by atoms with Crippen LogP contribution in [0, 0.1) is 0 Å². The van der Waals surface area contributed by atoms with Gasteiger partial charge in [-0.3, -0.25) is 9.59 Å². The van der Waals surface area contributed by atoms with Gasteiger partial charge in [-0.05, 0) is 29.8 Å².